The maximum absolute atomic E-state index is 11.2. The lowest BCUT2D eigenvalue weighted by molar-refractivity contribution is -0.138. The molecule has 0 saturated carbocycles. The Labute approximate surface area is 83.9 Å². The second-order valence-electron chi connectivity index (χ2n) is 4.21. The highest BCUT2D eigenvalue weighted by molar-refractivity contribution is 5.76. The second kappa shape index (κ2) is 4.83. The van der Waals surface area contributed by atoms with Crippen molar-refractivity contribution in [3.05, 3.63) is 0 Å². The van der Waals surface area contributed by atoms with E-state index in [2.05, 4.69) is 10.6 Å². The van der Waals surface area contributed by atoms with Gasteiger partial charge in [0, 0.05) is 11.6 Å². The molecule has 0 spiro atoms. The fraction of sp³-hybridized carbons (Fsp3) is 0.778. The van der Waals surface area contributed by atoms with Gasteiger partial charge in [-0.3, -0.25) is 4.79 Å². The van der Waals surface area contributed by atoms with Gasteiger partial charge >= 0.3 is 12.0 Å². The molecule has 3 N–H and O–H groups in total. The Morgan fingerprint density at radius 3 is 2.21 bits per heavy atom. The lowest BCUT2D eigenvalue weighted by Gasteiger charge is -2.25. The quantitative estimate of drug-likeness (QED) is 0.635. The van der Waals surface area contributed by atoms with Crippen molar-refractivity contribution in [2.24, 2.45) is 0 Å². The number of urea groups is 1. The number of hydrogen-bond acceptors (Lipinski definition) is 2. The molecule has 0 rings (SSSR count). The molecule has 0 unspecified atom stereocenters. The molecule has 0 heterocycles. The SMILES string of the molecule is CC(C)NC(=O)NC(C)(C)CC(=O)O. The van der Waals surface area contributed by atoms with E-state index in [1.165, 1.54) is 0 Å². The number of hydrogen-bond donors (Lipinski definition) is 3. The molecular formula is C9H18N2O3. The third-order valence-corrected chi connectivity index (χ3v) is 1.46. The minimum absolute atomic E-state index is 0.0376. The average molecular weight is 202 g/mol. The number of carboxylic acids is 1. The molecule has 5 nitrogen and oxygen atoms in total. The maximum atomic E-state index is 11.2. The molecular weight excluding hydrogens is 184 g/mol. The summed E-state index contributed by atoms with van der Waals surface area (Å²) in [4.78, 5) is 21.7. The van der Waals surface area contributed by atoms with Gasteiger partial charge in [-0.25, -0.2) is 4.79 Å². The van der Waals surface area contributed by atoms with Gasteiger partial charge in [-0.1, -0.05) is 0 Å². The summed E-state index contributed by atoms with van der Waals surface area (Å²) in [5.41, 5.74) is -0.731. The van der Waals surface area contributed by atoms with Gasteiger partial charge in [0.15, 0.2) is 0 Å². The molecule has 0 fully saturated rings. The lowest BCUT2D eigenvalue weighted by Crippen LogP contribution is -2.50. The molecule has 0 aromatic carbocycles. The molecule has 0 saturated heterocycles. The highest BCUT2D eigenvalue weighted by Gasteiger charge is 2.23. The van der Waals surface area contributed by atoms with E-state index < -0.39 is 11.5 Å². The van der Waals surface area contributed by atoms with Crippen LogP contribution in [0.25, 0.3) is 0 Å². The van der Waals surface area contributed by atoms with Crippen molar-refractivity contribution in [3.8, 4) is 0 Å². The first-order chi connectivity index (χ1) is 6.23. The van der Waals surface area contributed by atoms with Gasteiger partial charge in [0.1, 0.15) is 0 Å². The first-order valence-corrected chi connectivity index (χ1v) is 4.53. The third kappa shape index (κ3) is 6.28. The predicted octanol–water partition coefficient (Wildman–Crippen LogP) is 0.947. The molecule has 0 aliphatic rings. The van der Waals surface area contributed by atoms with Crippen molar-refractivity contribution < 1.29 is 14.7 Å². The molecule has 0 bridgehead atoms. The molecule has 5 heteroatoms. The number of carbonyl (C=O) groups is 2. The smallest absolute Gasteiger partial charge is 0.315 e. The van der Waals surface area contributed by atoms with Crippen LogP contribution >= 0.6 is 0 Å². The number of aliphatic carboxylic acids is 1. The Bertz CT molecular complexity index is 224. The molecule has 14 heavy (non-hydrogen) atoms. The Hall–Kier alpha value is -1.26. The summed E-state index contributed by atoms with van der Waals surface area (Å²) in [6.45, 7) is 7.01. The highest BCUT2D eigenvalue weighted by Crippen LogP contribution is 2.07. The van der Waals surface area contributed by atoms with Crippen LogP contribution in [0.5, 0.6) is 0 Å². The maximum Gasteiger partial charge on any atom is 0.315 e. The van der Waals surface area contributed by atoms with Gasteiger partial charge in [-0.15, -0.1) is 0 Å². The highest BCUT2D eigenvalue weighted by atomic mass is 16.4. The van der Waals surface area contributed by atoms with Crippen LogP contribution in [0.2, 0.25) is 0 Å². The molecule has 0 atom stereocenters. The van der Waals surface area contributed by atoms with Crippen LogP contribution in [0.1, 0.15) is 34.1 Å². The summed E-state index contributed by atoms with van der Waals surface area (Å²) in [5.74, 6) is -0.931. The Morgan fingerprint density at radius 1 is 1.36 bits per heavy atom. The lowest BCUT2D eigenvalue weighted by atomic mass is 10.0. The number of carbonyl (C=O) groups excluding carboxylic acids is 1. The fourth-order valence-electron chi connectivity index (χ4n) is 1.03. The van der Waals surface area contributed by atoms with Crippen molar-refractivity contribution in [2.75, 3.05) is 0 Å². The zero-order valence-electron chi connectivity index (χ0n) is 9.05. The van der Waals surface area contributed by atoms with Gasteiger partial charge in [-0.2, -0.15) is 0 Å². The minimum Gasteiger partial charge on any atom is -0.481 e. The van der Waals surface area contributed by atoms with Crippen molar-refractivity contribution in [1.29, 1.82) is 0 Å². The predicted molar refractivity (Wildman–Crippen MR) is 53.1 cm³/mol. The monoisotopic (exact) mass is 202 g/mol. The molecule has 0 aromatic rings. The van der Waals surface area contributed by atoms with Crippen LogP contribution in [-0.4, -0.2) is 28.7 Å². The topological polar surface area (TPSA) is 78.4 Å². The minimum atomic E-state index is -0.931. The van der Waals surface area contributed by atoms with Crippen molar-refractivity contribution in [2.45, 2.75) is 45.7 Å². The van der Waals surface area contributed by atoms with Gasteiger partial charge < -0.3 is 15.7 Å². The number of carboxylic acid groups (broad SMARTS) is 1. The second-order valence-corrected chi connectivity index (χ2v) is 4.21. The van der Waals surface area contributed by atoms with Crippen LogP contribution in [-0.2, 0) is 4.79 Å². The van der Waals surface area contributed by atoms with Crippen LogP contribution in [0.15, 0.2) is 0 Å². The van der Waals surface area contributed by atoms with E-state index in [9.17, 15) is 9.59 Å². The van der Waals surface area contributed by atoms with Gasteiger partial charge in [0.2, 0.25) is 0 Å². The summed E-state index contributed by atoms with van der Waals surface area (Å²) in [6.07, 6.45) is -0.0987. The zero-order chi connectivity index (χ0) is 11.4. The molecule has 0 aromatic heterocycles. The van der Waals surface area contributed by atoms with E-state index in [1.54, 1.807) is 13.8 Å². The van der Waals surface area contributed by atoms with Gasteiger partial charge in [0.05, 0.1) is 6.42 Å². The van der Waals surface area contributed by atoms with Gasteiger partial charge in [-0.05, 0) is 27.7 Å². The van der Waals surface area contributed by atoms with E-state index in [4.69, 9.17) is 5.11 Å². The summed E-state index contributed by atoms with van der Waals surface area (Å²) < 4.78 is 0. The van der Waals surface area contributed by atoms with Crippen LogP contribution in [0, 0.1) is 0 Å². The Morgan fingerprint density at radius 2 is 1.86 bits per heavy atom. The average Bonchev–Trinajstić information content (AvgIpc) is 1.77. The zero-order valence-corrected chi connectivity index (χ0v) is 9.05. The molecule has 2 amide bonds. The van der Waals surface area contributed by atoms with Crippen molar-refractivity contribution >= 4 is 12.0 Å². The first kappa shape index (κ1) is 12.7. The van der Waals surface area contributed by atoms with Crippen LogP contribution < -0.4 is 10.6 Å². The molecule has 0 aliphatic heterocycles. The molecule has 0 aliphatic carbocycles. The molecule has 0 radical (unpaired) electrons. The van der Waals surface area contributed by atoms with Crippen LogP contribution in [0.3, 0.4) is 0 Å². The largest absolute Gasteiger partial charge is 0.481 e. The fourth-order valence-corrected chi connectivity index (χ4v) is 1.03. The van der Waals surface area contributed by atoms with Crippen LogP contribution in [0.4, 0.5) is 4.79 Å². The summed E-state index contributed by atoms with van der Waals surface area (Å²) in [7, 11) is 0. The number of nitrogens with one attached hydrogen (secondary N) is 2. The van der Waals surface area contributed by atoms with E-state index in [1.807, 2.05) is 13.8 Å². The summed E-state index contributed by atoms with van der Waals surface area (Å²) in [6, 6.07) is -0.304. The normalized spacial score (nSPS) is 11.2. The Kier molecular flexibility index (Phi) is 4.40. The number of rotatable bonds is 4. The summed E-state index contributed by atoms with van der Waals surface area (Å²) in [5, 5.41) is 13.8. The third-order valence-electron chi connectivity index (χ3n) is 1.46. The standard InChI is InChI=1S/C9H18N2O3/c1-6(2)10-8(14)11-9(3,4)5-7(12)13/h6H,5H2,1-4H3,(H,12,13)(H2,10,11,14). The van der Waals surface area contributed by atoms with E-state index >= 15 is 0 Å². The van der Waals surface area contributed by atoms with E-state index in [0.29, 0.717) is 0 Å². The number of amides is 2. The van der Waals surface area contributed by atoms with E-state index in [0.717, 1.165) is 0 Å². The van der Waals surface area contributed by atoms with Crippen molar-refractivity contribution in [3.63, 3.8) is 0 Å². The molecule has 82 valence electrons. The van der Waals surface area contributed by atoms with E-state index in [-0.39, 0.29) is 18.5 Å². The van der Waals surface area contributed by atoms with Gasteiger partial charge in [0.25, 0.3) is 0 Å². The van der Waals surface area contributed by atoms with Crippen molar-refractivity contribution in [1.82, 2.24) is 10.6 Å². The Balaban J connectivity index is 4.08. The first-order valence-electron chi connectivity index (χ1n) is 4.53. The summed E-state index contributed by atoms with van der Waals surface area (Å²) >= 11 is 0.